The van der Waals surface area contributed by atoms with Gasteiger partial charge in [-0.2, -0.15) is 0 Å². The highest BCUT2D eigenvalue weighted by molar-refractivity contribution is 7.17. The maximum absolute atomic E-state index is 13.1. The third-order valence-corrected chi connectivity index (χ3v) is 5.73. The summed E-state index contributed by atoms with van der Waals surface area (Å²) in [6.45, 7) is 0.817. The average Bonchev–Trinajstić information content (AvgIpc) is 3.35. The molecule has 1 N–H and O–H groups in total. The SMILES string of the molecule is COc1cc(Cn2c(C(=O)NCc3ccc(F)cc3)cc3sccc32)cc(OC)c1. The zero-order valence-corrected chi connectivity index (χ0v) is 17.5. The van der Waals surface area contributed by atoms with Crippen LogP contribution < -0.4 is 14.8 Å². The lowest BCUT2D eigenvalue weighted by atomic mass is 10.2. The lowest BCUT2D eigenvalue weighted by molar-refractivity contribution is 0.0942. The van der Waals surface area contributed by atoms with Crippen molar-refractivity contribution in [2.24, 2.45) is 0 Å². The second kappa shape index (κ2) is 8.59. The molecule has 154 valence electrons. The topological polar surface area (TPSA) is 52.5 Å². The molecule has 2 heterocycles. The molecule has 4 rings (SSSR count). The first-order valence-electron chi connectivity index (χ1n) is 9.38. The second-order valence-electron chi connectivity index (χ2n) is 6.82. The van der Waals surface area contributed by atoms with Crippen molar-refractivity contribution >= 4 is 27.5 Å². The van der Waals surface area contributed by atoms with Crippen LogP contribution in [0.15, 0.2) is 60.0 Å². The number of fused-ring (bicyclic) bond motifs is 1. The van der Waals surface area contributed by atoms with Crippen molar-refractivity contribution in [2.45, 2.75) is 13.1 Å². The van der Waals surface area contributed by atoms with Crippen molar-refractivity contribution in [1.82, 2.24) is 9.88 Å². The van der Waals surface area contributed by atoms with Crippen LogP contribution in [-0.4, -0.2) is 24.7 Å². The lowest BCUT2D eigenvalue weighted by Gasteiger charge is -2.13. The Kier molecular flexibility index (Phi) is 5.72. The van der Waals surface area contributed by atoms with Crippen molar-refractivity contribution in [3.63, 3.8) is 0 Å². The fraction of sp³-hybridized carbons (Fsp3) is 0.174. The van der Waals surface area contributed by atoms with E-state index in [0.717, 1.165) is 21.3 Å². The first-order valence-corrected chi connectivity index (χ1v) is 10.3. The third-order valence-electron chi connectivity index (χ3n) is 4.87. The van der Waals surface area contributed by atoms with E-state index in [4.69, 9.17) is 9.47 Å². The molecule has 0 unspecified atom stereocenters. The normalized spacial score (nSPS) is 10.9. The Morgan fingerprint density at radius 3 is 2.37 bits per heavy atom. The van der Waals surface area contributed by atoms with Crippen LogP contribution in [0.3, 0.4) is 0 Å². The van der Waals surface area contributed by atoms with Gasteiger partial charge in [0.25, 0.3) is 5.91 Å². The number of rotatable bonds is 7. The van der Waals surface area contributed by atoms with E-state index in [2.05, 4.69) is 5.32 Å². The fourth-order valence-electron chi connectivity index (χ4n) is 3.35. The van der Waals surface area contributed by atoms with Crippen molar-refractivity contribution in [3.8, 4) is 11.5 Å². The number of thiophene rings is 1. The zero-order chi connectivity index (χ0) is 21.1. The van der Waals surface area contributed by atoms with E-state index in [9.17, 15) is 9.18 Å². The second-order valence-corrected chi connectivity index (χ2v) is 7.76. The molecule has 2 aromatic carbocycles. The van der Waals surface area contributed by atoms with Gasteiger partial charge < -0.3 is 19.4 Å². The van der Waals surface area contributed by atoms with E-state index >= 15 is 0 Å². The Balaban J connectivity index is 1.62. The summed E-state index contributed by atoms with van der Waals surface area (Å²) >= 11 is 1.59. The molecule has 7 heteroatoms. The van der Waals surface area contributed by atoms with Gasteiger partial charge in [-0.1, -0.05) is 12.1 Å². The molecule has 0 bridgehead atoms. The number of carbonyl (C=O) groups excluding carboxylic acids is 1. The van der Waals surface area contributed by atoms with Crippen LogP contribution in [-0.2, 0) is 13.1 Å². The smallest absolute Gasteiger partial charge is 0.268 e. The molecule has 0 radical (unpaired) electrons. The summed E-state index contributed by atoms with van der Waals surface area (Å²) in [7, 11) is 3.22. The van der Waals surface area contributed by atoms with Crippen molar-refractivity contribution in [2.75, 3.05) is 14.2 Å². The van der Waals surface area contributed by atoms with E-state index in [1.165, 1.54) is 12.1 Å². The minimum absolute atomic E-state index is 0.183. The molecule has 5 nitrogen and oxygen atoms in total. The number of aromatic nitrogens is 1. The number of methoxy groups -OCH3 is 2. The molecular formula is C23H21FN2O3S. The molecule has 0 aliphatic rings. The third kappa shape index (κ3) is 4.16. The van der Waals surface area contributed by atoms with Crippen LogP contribution >= 0.6 is 11.3 Å². The van der Waals surface area contributed by atoms with Gasteiger partial charge >= 0.3 is 0 Å². The predicted molar refractivity (Wildman–Crippen MR) is 116 cm³/mol. The molecule has 0 aliphatic carbocycles. The van der Waals surface area contributed by atoms with Crippen LogP contribution in [0, 0.1) is 5.82 Å². The summed E-state index contributed by atoms with van der Waals surface area (Å²) in [5.41, 5.74) is 3.36. The average molecular weight is 424 g/mol. The van der Waals surface area contributed by atoms with Crippen LogP contribution in [0.5, 0.6) is 11.5 Å². The number of nitrogens with one attached hydrogen (secondary N) is 1. The summed E-state index contributed by atoms with van der Waals surface area (Å²) in [6, 6.07) is 15.7. The summed E-state index contributed by atoms with van der Waals surface area (Å²) in [5, 5.41) is 4.94. The van der Waals surface area contributed by atoms with Gasteiger partial charge in [-0.3, -0.25) is 4.79 Å². The molecular weight excluding hydrogens is 403 g/mol. The van der Waals surface area contributed by atoms with Gasteiger partial charge in [0.15, 0.2) is 0 Å². The highest BCUT2D eigenvalue weighted by atomic mass is 32.1. The monoisotopic (exact) mass is 424 g/mol. The standard InChI is InChI=1S/C23H21FN2O3S/c1-28-18-9-16(10-19(11-18)29-2)14-26-20-7-8-30-22(20)12-21(26)23(27)25-13-15-3-5-17(24)6-4-15/h3-12H,13-14H2,1-2H3,(H,25,27). The number of nitrogens with zero attached hydrogens (tertiary/aromatic N) is 1. The highest BCUT2D eigenvalue weighted by Crippen LogP contribution is 2.28. The maximum atomic E-state index is 13.1. The number of ether oxygens (including phenoxy) is 2. The van der Waals surface area contributed by atoms with Crippen molar-refractivity contribution in [3.05, 3.63) is 82.6 Å². The van der Waals surface area contributed by atoms with Crippen LogP contribution in [0.25, 0.3) is 10.2 Å². The van der Waals surface area contributed by atoms with Gasteiger partial charge in [0.05, 0.1) is 24.4 Å². The van der Waals surface area contributed by atoms with E-state index in [1.807, 2.05) is 40.3 Å². The minimum Gasteiger partial charge on any atom is -0.497 e. The zero-order valence-electron chi connectivity index (χ0n) is 16.6. The van der Waals surface area contributed by atoms with Crippen LogP contribution in [0.1, 0.15) is 21.6 Å². The highest BCUT2D eigenvalue weighted by Gasteiger charge is 2.17. The molecule has 0 spiro atoms. The molecule has 4 aromatic rings. The predicted octanol–water partition coefficient (Wildman–Crippen LogP) is 4.84. The number of carbonyl (C=O) groups is 1. The van der Waals surface area contributed by atoms with E-state index in [1.54, 1.807) is 37.7 Å². The quantitative estimate of drug-likeness (QED) is 0.462. The Hall–Kier alpha value is -3.32. The van der Waals surface area contributed by atoms with Gasteiger partial charge in [0, 0.05) is 19.2 Å². The van der Waals surface area contributed by atoms with Gasteiger partial charge in [0.1, 0.15) is 23.0 Å². The summed E-state index contributed by atoms with van der Waals surface area (Å²) in [5.74, 6) is 0.909. The number of hydrogen-bond donors (Lipinski definition) is 1. The first kappa shape index (κ1) is 20.0. The molecule has 0 saturated carbocycles. The molecule has 0 atom stereocenters. The molecule has 1 amide bonds. The number of hydrogen-bond acceptors (Lipinski definition) is 4. The Morgan fingerprint density at radius 2 is 1.70 bits per heavy atom. The molecule has 0 aliphatic heterocycles. The summed E-state index contributed by atoms with van der Waals surface area (Å²) < 4.78 is 26.9. The van der Waals surface area contributed by atoms with Crippen molar-refractivity contribution < 1.29 is 18.7 Å². The maximum Gasteiger partial charge on any atom is 0.268 e. The van der Waals surface area contributed by atoms with E-state index in [-0.39, 0.29) is 11.7 Å². The van der Waals surface area contributed by atoms with Gasteiger partial charge in [-0.25, -0.2) is 4.39 Å². The molecule has 0 fully saturated rings. The number of amides is 1. The van der Waals surface area contributed by atoms with Crippen molar-refractivity contribution in [1.29, 1.82) is 0 Å². The molecule has 30 heavy (non-hydrogen) atoms. The summed E-state index contributed by atoms with van der Waals surface area (Å²) in [4.78, 5) is 13.0. The summed E-state index contributed by atoms with van der Waals surface area (Å²) in [6.07, 6.45) is 0. The van der Waals surface area contributed by atoms with Gasteiger partial charge in [-0.05, 0) is 52.9 Å². The fourth-order valence-corrected chi connectivity index (χ4v) is 4.17. The first-order chi connectivity index (χ1) is 14.6. The van der Waals surface area contributed by atoms with Gasteiger partial charge in [-0.15, -0.1) is 11.3 Å². The Morgan fingerprint density at radius 1 is 1.00 bits per heavy atom. The Labute approximate surface area is 177 Å². The molecule has 0 saturated heterocycles. The minimum atomic E-state index is -0.298. The molecule has 2 aromatic heterocycles. The largest absolute Gasteiger partial charge is 0.497 e. The van der Waals surface area contributed by atoms with E-state index < -0.39 is 0 Å². The van der Waals surface area contributed by atoms with Gasteiger partial charge in [0.2, 0.25) is 0 Å². The number of benzene rings is 2. The van der Waals surface area contributed by atoms with Crippen LogP contribution in [0.4, 0.5) is 4.39 Å². The van der Waals surface area contributed by atoms with E-state index in [0.29, 0.717) is 30.3 Å². The number of halogens is 1. The lowest BCUT2D eigenvalue weighted by Crippen LogP contribution is -2.25. The Bertz CT molecular complexity index is 1160. The van der Waals surface area contributed by atoms with Crippen LogP contribution in [0.2, 0.25) is 0 Å².